The highest BCUT2D eigenvalue weighted by Crippen LogP contribution is 2.40. The summed E-state index contributed by atoms with van der Waals surface area (Å²) in [5, 5.41) is 17.8. The van der Waals surface area contributed by atoms with Gasteiger partial charge < -0.3 is 9.30 Å². The van der Waals surface area contributed by atoms with Gasteiger partial charge in [-0.1, -0.05) is 12.1 Å². The minimum atomic E-state index is -0.890. The van der Waals surface area contributed by atoms with Crippen LogP contribution >= 0.6 is 0 Å². The van der Waals surface area contributed by atoms with Gasteiger partial charge in [0.05, 0.1) is 18.2 Å². The Morgan fingerprint density at radius 2 is 2.00 bits per heavy atom. The molecule has 3 aromatic heterocycles. The van der Waals surface area contributed by atoms with E-state index in [-0.39, 0.29) is 11.5 Å². The summed E-state index contributed by atoms with van der Waals surface area (Å²) < 4.78 is 7.21. The monoisotopic (exact) mass is 371 g/mol. The van der Waals surface area contributed by atoms with E-state index in [1.54, 1.807) is 41.5 Å². The number of aromatic nitrogens is 3. The van der Waals surface area contributed by atoms with E-state index in [9.17, 15) is 10.1 Å². The smallest absolute Gasteiger partial charge is 0.258 e. The molecule has 2 atom stereocenters. The van der Waals surface area contributed by atoms with E-state index < -0.39 is 11.8 Å². The number of aryl methyl sites for hydroxylation is 1. The van der Waals surface area contributed by atoms with Gasteiger partial charge in [0.25, 0.3) is 5.56 Å². The van der Waals surface area contributed by atoms with Crippen molar-refractivity contribution in [2.45, 2.75) is 19.4 Å². The molecular formula is C21H17N5O2. The van der Waals surface area contributed by atoms with Crippen LogP contribution in [0.3, 0.4) is 0 Å². The van der Waals surface area contributed by atoms with Crippen LogP contribution in [0.2, 0.25) is 0 Å². The summed E-state index contributed by atoms with van der Waals surface area (Å²) in [6.07, 6.45) is 6.66. The predicted molar refractivity (Wildman–Crippen MR) is 102 cm³/mol. The van der Waals surface area contributed by atoms with E-state index in [2.05, 4.69) is 16.0 Å². The minimum absolute atomic E-state index is 0.160. The fourth-order valence-electron chi connectivity index (χ4n) is 3.55. The van der Waals surface area contributed by atoms with Crippen molar-refractivity contribution in [1.29, 1.82) is 10.7 Å². The van der Waals surface area contributed by atoms with Crippen LogP contribution in [-0.4, -0.2) is 20.4 Å². The molecule has 0 radical (unpaired) electrons. The molecule has 1 aliphatic heterocycles. The number of pyridine rings is 3. The second kappa shape index (κ2) is 7.08. The molecule has 0 fully saturated rings. The van der Waals surface area contributed by atoms with Crippen molar-refractivity contribution >= 4 is 5.90 Å². The van der Waals surface area contributed by atoms with Crippen molar-refractivity contribution in [2.75, 3.05) is 0 Å². The van der Waals surface area contributed by atoms with Crippen LogP contribution in [0.5, 0.6) is 5.75 Å². The van der Waals surface area contributed by atoms with E-state index in [1.165, 1.54) is 0 Å². The first-order valence-corrected chi connectivity index (χ1v) is 8.79. The summed E-state index contributed by atoms with van der Waals surface area (Å²) in [6.45, 7) is 2.18. The van der Waals surface area contributed by atoms with E-state index in [4.69, 9.17) is 10.1 Å². The quantitative estimate of drug-likeness (QED) is 0.762. The van der Waals surface area contributed by atoms with Crippen LogP contribution in [-0.2, 0) is 6.54 Å². The van der Waals surface area contributed by atoms with E-state index >= 15 is 0 Å². The third kappa shape index (κ3) is 2.95. The molecule has 7 nitrogen and oxygen atoms in total. The van der Waals surface area contributed by atoms with Gasteiger partial charge >= 0.3 is 0 Å². The standard InChI is InChI=1S/C21H17N5O2/c1-13-8-17-19(21(27)26(13)12-14-4-2-6-24-10-14)18(15-5-3-7-25-11-15)16(9-22)20(23)28-17/h2-8,10-11,16,18,23H,12H2,1H3. The van der Waals surface area contributed by atoms with Crippen LogP contribution in [0.25, 0.3) is 0 Å². The van der Waals surface area contributed by atoms with Crippen molar-refractivity contribution < 1.29 is 4.74 Å². The lowest BCUT2D eigenvalue weighted by atomic mass is 9.80. The third-order valence-electron chi connectivity index (χ3n) is 4.90. The van der Waals surface area contributed by atoms with Gasteiger partial charge in [0.15, 0.2) is 0 Å². The maximum atomic E-state index is 13.5. The molecule has 1 aliphatic rings. The second-order valence-corrected chi connectivity index (χ2v) is 6.65. The molecular weight excluding hydrogens is 354 g/mol. The summed E-state index contributed by atoms with van der Waals surface area (Å²) in [5.41, 5.74) is 2.45. The lowest BCUT2D eigenvalue weighted by Gasteiger charge is -2.30. The van der Waals surface area contributed by atoms with Crippen molar-refractivity contribution in [3.63, 3.8) is 0 Å². The summed E-state index contributed by atoms with van der Waals surface area (Å²) in [7, 11) is 0. The summed E-state index contributed by atoms with van der Waals surface area (Å²) in [6, 6.07) is 11.2. The molecule has 4 rings (SSSR count). The zero-order chi connectivity index (χ0) is 19.7. The van der Waals surface area contributed by atoms with Crippen LogP contribution in [0.15, 0.2) is 59.9 Å². The average molecular weight is 371 g/mol. The lowest BCUT2D eigenvalue weighted by molar-refractivity contribution is 0.441. The molecule has 0 saturated heterocycles. The molecule has 28 heavy (non-hydrogen) atoms. The topological polar surface area (TPSA) is 105 Å². The molecule has 0 bridgehead atoms. The highest BCUT2D eigenvalue weighted by Gasteiger charge is 2.39. The van der Waals surface area contributed by atoms with Crippen molar-refractivity contribution in [2.24, 2.45) is 5.92 Å². The van der Waals surface area contributed by atoms with Gasteiger partial charge in [0, 0.05) is 42.5 Å². The number of hydrogen-bond donors (Lipinski definition) is 1. The highest BCUT2D eigenvalue weighted by atomic mass is 16.5. The normalized spacial score (nSPS) is 18.1. The molecule has 4 heterocycles. The first kappa shape index (κ1) is 17.6. The maximum absolute atomic E-state index is 13.5. The molecule has 0 amide bonds. The first-order chi connectivity index (χ1) is 13.6. The fourth-order valence-corrected chi connectivity index (χ4v) is 3.55. The molecule has 138 valence electrons. The fraction of sp³-hybridized carbons (Fsp3) is 0.190. The van der Waals surface area contributed by atoms with Crippen molar-refractivity contribution in [1.82, 2.24) is 14.5 Å². The minimum Gasteiger partial charge on any atom is -0.442 e. The lowest BCUT2D eigenvalue weighted by Crippen LogP contribution is -2.38. The van der Waals surface area contributed by atoms with Gasteiger partial charge in [-0.25, -0.2) is 0 Å². The summed E-state index contributed by atoms with van der Waals surface area (Å²) in [5.74, 6) is -1.33. The van der Waals surface area contributed by atoms with Gasteiger partial charge in [-0.05, 0) is 30.2 Å². The van der Waals surface area contributed by atoms with Crippen LogP contribution in [0.1, 0.15) is 28.3 Å². The van der Waals surface area contributed by atoms with Gasteiger partial charge in [0.2, 0.25) is 5.90 Å². The predicted octanol–water partition coefficient (Wildman–Crippen LogP) is 2.64. The average Bonchev–Trinajstić information content (AvgIpc) is 2.71. The highest BCUT2D eigenvalue weighted by molar-refractivity contribution is 5.85. The zero-order valence-corrected chi connectivity index (χ0v) is 15.2. The van der Waals surface area contributed by atoms with Gasteiger partial charge in [-0.2, -0.15) is 5.26 Å². The molecule has 0 aliphatic carbocycles. The van der Waals surface area contributed by atoms with Gasteiger partial charge in [-0.15, -0.1) is 0 Å². The van der Waals surface area contributed by atoms with Crippen molar-refractivity contribution in [3.8, 4) is 11.8 Å². The third-order valence-corrected chi connectivity index (χ3v) is 4.90. The molecule has 0 saturated carbocycles. The molecule has 0 spiro atoms. The molecule has 3 aromatic rings. The zero-order valence-electron chi connectivity index (χ0n) is 15.2. The van der Waals surface area contributed by atoms with Gasteiger partial charge in [-0.3, -0.25) is 20.2 Å². The Kier molecular flexibility index (Phi) is 4.45. The number of nitrogens with one attached hydrogen (secondary N) is 1. The number of nitrogens with zero attached hydrogens (tertiary/aromatic N) is 4. The van der Waals surface area contributed by atoms with E-state index in [0.717, 1.165) is 5.56 Å². The SMILES string of the molecule is Cc1cc2c(c(=O)n1Cc1cccnc1)C(c1cccnc1)C(C#N)C(=N)O2. The number of hydrogen-bond acceptors (Lipinski definition) is 6. The van der Waals surface area contributed by atoms with Crippen LogP contribution in [0, 0.1) is 29.6 Å². The Morgan fingerprint density at radius 3 is 2.64 bits per heavy atom. The summed E-state index contributed by atoms with van der Waals surface area (Å²) in [4.78, 5) is 21.7. The maximum Gasteiger partial charge on any atom is 0.258 e. The molecule has 2 unspecified atom stereocenters. The summed E-state index contributed by atoms with van der Waals surface area (Å²) >= 11 is 0. The Labute approximate surface area is 161 Å². The Bertz CT molecular complexity index is 1130. The van der Waals surface area contributed by atoms with Crippen LogP contribution in [0.4, 0.5) is 0 Å². The molecule has 7 heteroatoms. The number of rotatable bonds is 3. The van der Waals surface area contributed by atoms with Gasteiger partial charge in [0.1, 0.15) is 11.7 Å². The Morgan fingerprint density at radius 1 is 1.25 bits per heavy atom. The van der Waals surface area contributed by atoms with E-state index in [0.29, 0.717) is 29.1 Å². The Hall–Kier alpha value is -3.79. The second-order valence-electron chi connectivity index (χ2n) is 6.65. The number of fused-ring (bicyclic) bond motifs is 1. The molecule has 1 N–H and O–H groups in total. The van der Waals surface area contributed by atoms with Crippen molar-refractivity contribution in [3.05, 3.63) is 87.9 Å². The Balaban J connectivity index is 1.92. The first-order valence-electron chi connectivity index (χ1n) is 8.79. The van der Waals surface area contributed by atoms with Crippen LogP contribution < -0.4 is 10.3 Å². The largest absolute Gasteiger partial charge is 0.442 e. The molecule has 0 aromatic carbocycles. The van der Waals surface area contributed by atoms with E-state index in [1.807, 2.05) is 25.1 Å². The number of ether oxygens (including phenoxy) is 1. The number of nitriles is 1.